The molecule has 0 aliphatic carbocycles. The summed E-state index contributed by atoms with van der Waals surface area (Å²) in [5.74, 6) is 0.127. The summed E-state index contributed by atoms with van der Waals surface area (Å²) in [5.41, 5.74) is 4.77. The van der Waals surface area contributed by atoms with Gasteiger partial charge in [0.1, 0.15) is 0 Å². The Balaban J connectivity index is 0.000000956. The van der Waals surface area contributed by atoms with Crippen LogP contribution >= 0.6 is 0 Å². The van der Waals surface area contributed by atoms with Crippen molar-refractivity contribution in [3.05, 3.63) is 28.8 Å². The van der Waals surface area contributed by atoms with Crippen molar-refractivity contribution in [2.75, 3.05) is 5.32 Å². The summed E-state index contributed by atoms with van der Waals surface area (Å²) in [6.07, 6.45) is 0.563. The number of amides is 1. The van der Waals surface area contributed by atoms with Gasteiger partial charge in [0.25, 0.3) is 0 Å². The molecule has 0 saturated carbocycles. The minimum Gasteiger partial charge on any atom is -0.326 e. The van der Waals surface area contributed by atoms with Gasteiger partial charge in [-0.1, -0.05) is 66.2 Å². The molecule has 0 radical (unpaired) electrons. The van der Waals surface area contributed by atoms with Crippen molar-refractivity contribution in [3.8, 4) is 0 Å². The average molecular weight is 275 g/mol. The summed E-state index contributed by atoms with van der Waals surface area (Å²) < 4.78 is 0. The molecule has 0 bridgehead atoms. The molecule has 2 rings (SSSR count). The number of fused-ring (bicyclic) bond motifs is 1. The number of carbonyl (C=O) groups is 1. The van der Waals surface area contributed by atoms with E-state index in [1.807, 2.05) is 13.8 Å². The van der Waals surface area contributed by atoms with Crippen LogP contribution in [0, 0.1) is 6.92 Å². The largest absolute Gasteiger partial charge is 0.326 e. The lowest BCUT2D eigenvalue weighted by atomic mass is 9.73. The van der Waals surface area contributed by atoms with Gasteiger partial charge in [0.15, 0.2) is 0 Å². The van der Waals surface area contributed by atoms with Crippen molar-refractivity contribution in [2.24, 2.45) is 0 Å². The maximum absolute atomic E-state index is 11.9. The Morgan fingerprint density at radius 3 is 2.20 bits per heavy atom. The molecule has 0 saturated heterocycles. The standard InChI is InChI=1S/C16H23NO.C2H6/c1-10-7-11(15(2,3)4)14-12(8-10)16(5,6)9-13(18)17-14;1-2/h7-8H,9H2,1-6H3,(H,17,18);1-2H3. The van der Waals surface area contributed by atoms with E-state index in [-0.39, 0.29) is 16.7 Å². The maximum Gasteiger partial charge on any atom is 0.225 e. The van der Waals surface area contributed by atoms with Crippen LogP contribution in [0.5, 0.6) is 0 Å². The SMILES string of the molecule is CC.Cc1cc(C(C)(C)C)c2c(c1)C(C)(C)CC(=O)N2. The third-order valence-electron chi connectivity index (χ3n) is 3.69. The van der Waals surface area contributed by atoms with Crippen LogP contribution in [0.2, 0.25) is 0 Å². The fraction of sp³-hybridized carbons (Fsp3) is 0.611. The monoisotopic (exact) mass is 275 g/mol. The molecule has 2 heteroatoms. The molecule has 0 atom stereocenters. The first-order valence-electron chi connectivity index (χ1n) is 7.57. The molecule has 0 unspecified atom stereocenters. The zero-order valence-electron chi connectivity index (χ0n) is 14.3. The van der Waals surface area contributed by atoms with Gasteiger partial charge >= 0.3 is 0 Å². The van der Waals surface area contributed by atoms with Crippen molar-refractivity contribution >= 4 is 11.6 Å². The van der Waals surface area contributed by atoms with E-state index in [1.165, 1.54) is 16.7 Å². The van der Waals surface area contributed by atoms with Gasteiger partial charge < -0.3 is 5.32 Å². The minimum atomic E-state index is -0.0797. The van der Waals surface area contributed by atoms with Crippen molar-refractivity contribution in [3.63, 3.8) is 0 Å². The minimum absolute atomic E-state index is 0.0385. The van der Waals surface area contributed by atoms with E-state index in [9.17, 15) is 4.79 Å². The number of anilines is 1. The number of nitrogens with one attached hydrogen (secondary N) is 1. The zero-order valence-corrected chi connectivity index (χ0v) is 14.3. The van der Waals surface area contributed by atoms with Crippen LogP contribution in [-0.2, 0) is 15.6 Å². The Morgan fingerprint density at radius 2 is 1.70 bits per heavy atom. The second-order valence-electron chi connectivity index (χ2n) is 7.09. The second-order valence-corrected chi connectivity index (χ2v) is 7.09. The summed E-state index contributed by atoms with van der Waals surface area (Å²) >= 11 is 0. The lowest BCUT2D eigenvalue weighted by Gasteiger charge is -2.36. The lowest BCUT2D eigenvalue weighted by molar-refractivity contribution is -0.117. The number of benzene rings is 1. The fourth-order valence-corrected chi connectivity index (χ4v) is 2.73. The van der Waals surface area contributed by atoms with Gasteiger partial charge in [0.05, 0.1) is 0 Å². The van der Waals surface area contributed by atoms with Gasteiger partial charge in [-0.3, -0.25) is 4.79 Å². The van der Waals surface area contributed by atoms with E-state index in [4.69, 9.17) is 0 Å². The van der Waals surface area contributed by atoms with E-state index < -0.39 is 0 Å². The molecule has 0 fully saturated rings. The van der Waals surface area contributed by atoms with Gasteiger partial charge in [0, 0.05) is 17.5 Å². The molecular weight excluding hydrogens is 246 g/mol. The van der Waals surface area contributed by atoms with Crippen LogP contribution in [0.25, 0.3) is 0 Å². The van der Waals surface area contributed by atoms with Crippen LogP contribution in [-0.4, -0.2) is 5.91 Å². The van der Waals surface area contributed by atoms with Gasteiger partial charge in [-0.2, -0.15) is 0 Å². The normalized spacial score (nSPS) is 16.7. The van der Waals surface area contributed by atoms with Crippen LogP contribution in [0.3, 0.4) is 0 Å². The smallest absolute Gasteiger partial charge is 0.225 e. The third-order valence-corrected chi connectivity index (χ3v) is 3.69. The van der Waals surface area contributed by atoms with Crippen molar-refractivity contribution in [2.45, 2.75) is 72.6 Å². The first-order chi connectivity index (χ1) is 9.11. The van der Waals surface area contributed by atoms with E-state index in [0.717, 1.165) is 5.69 Å². The Hall–Kier alpha value is -1.31. The number of aryl methyl sites for hydroxylation is 1. The maximum atomic E-state index is 11.9. The van der Waals surface area contributed by atoms with Gasteiger partial charge in [-0.05, 0) is 23.5 Å². The highest BCUT2D eigenvalue weighted by atomic mass is 16.1. The van der Waals surface area contributed by atoms with Crippen molar-refractivity contribution < 1.29 is 4.79 Å². The highest BCUT2D eigenvalue weighted by Crippen LogP contribution is 2.43. The van der Waals surface area contributed by atoms with Gasteiger partial charge in [0.2, 0.25) is 5.91 Å². The van der Waals surface area contributed by atoms with E-state index in [1.54, 1.807) is 0 Å². The van der Waals surface area contributed by atoms with Crippen LogP contribution < -0.4 is 5.32 Å². The zero-order chi connectivity index (χ0) is 15.7. The number of rotatable bonds is 0. The molecule has 1 aliphatic heterocycles. The predicted molar refractivity (Wildman–Crippen MR) is 87.5 cm³/mol. The molecule has 0 aromatic heterocycles. The lowest BCUT2D eigenvalue weighted by Crippen LogP contribution is -2.34. The second kappa shape index (κ2) is 5.59. The predicted octanol–water partition coefficient (Wildman–Crippen LogP) is 4.94. The van der Waals surface area contributed by atoms with Crippen molar-refractivity contribution in [1.82, 2.24) is 0 Å². The van der Waals surface area contributed by atoms with Crippen LogP contribution in [0.4, 0.5) is 5.69 Å². The molecule has 20 heavy (non-hydrogen) atoms. The van der Waals surface area contributed by atoms with E-state index >= 15 is 0 Å². The van der Waals surface area contributed by atoms with E-state index in [2.05, 4.69) is 59.0 Å². The summed E-state index contributed by atoms with van der Waals surface area (Å²) in [6.45, 7) is 17.0. The molecule has 2 nitrogen and oxygen atoms in total. The molecule has 112 valence electrons. The molecule has 1 N–H and O–H groups in total. The molecule has 1 aromatic rings. The van der Waals surface area contributed by atoms with E-state index in [0.29, 0.717) is 6.42 Å². The summed E-state index contributed by atoms with van der Waals surface area (Å²) in [5, 5.41) is 3.08. The first kappa shape index (κ1) is 16.7. The van der Waals surface area contributed by atoms with Gasteiger partial charge in [-0.25, -0.2) is 0 Å². The summed E-state index contributed by atoms with van der Waals surface area (Å²) in [4.78, 5) is 11.9. The highest BCUT2D eigenvalue weighted by molar-refractivity contribution is 5.96. The summed E-state index contributed by atoms with van der Waals surface area (Å²) in [6, 6.07) is 4.41. The first-order valence-corrected chi connectivity index (χ1v) is 7.57. The number of hydrogen-bond donors (Lipinski definition) is 1. The Labute approximate surface area is 124 Å². The quantitative estimate of drug-likeness (QED) is 0.714. The molecule has 1 amide bonds. The Morgan fingerprint density at radius 1 is 1.15 bits per heavy atom. The Kier molecular flexibility index (Phi) is 4.68. The number of carbonyl (C=O) groups excluding carboxylic acids is 1. The van der Waals surface area contributed by atoms with Crippen molar-refractivity contribution in [1.29, 1.82) is 0 Å². The fourth-order valence-electron chi connectivity index (χ4n) is 2.73. The average Bonchev–Trinajstić information content (AvgIpc) is 2.30. The molecule has 1 aliphatic rings. The molecule has 1 heterocycles. The third kappa shape index (κ3) is 3.23. The van der Waals surface area contributed by atoms with Crippen LogP contribution in [0.15, 0.2) is 12.1 Å². The van der Waals surface area contributed by atoms with Gasteiger partial charge in [-0.15, -0.1) is 0 Å². The Bertz CT molecular complexity index is 490. The highest BCUT2D eigenvalue weighted by Gasteiger charge is 2.35. The molecule has 0 spiro atoms. The molecular formula is C18H29NO. The van der Waals surface area contributed by atoms with Crippen LogP contribution in [0.1, 0.15) is 71.6 Å². The number of hydrogen-bond acceptors (Lipinski definition) is 1. The topological polar surface area (TPSA) is 29.1 Å². The molecule has 1 aromatic carbocycles. The summed E-state index contributed by atoms with van der Waals surface area (Å²) in [7, 11) is 0.